The zero-order valence-electron chi connectivity index (χ0n) is 27.1. The van der Waals surface area contributed by atoms with Crippen LogP contribution in [0.1, 0.15) is 97.3 Å². The van der Waals surface area contributed by atoms with E-state index in [2.05, 4.69) is 13.0 Å². The molecule has 0 radical (unpaired) electrons. The molecule has 1 fully saturated rings. The predicted molar refractivity (Wildman–Crippen MR) is 170 cm³/mol. The van der Waals surface area contributed by atoms with E-state index in [4.69, 9.17) is 18.5 Å². The number of rotatable bonds is 24. The molecule has 0 aromatic carbocycles. The van der Waals surface area contributed by atoms with E-state index in [0.717, 1.165) is 44.9 Å². The normalized spacial score (nSPS) is 25.7. The molecule has 14 heteroatoms. The monoisotopic (exact) mass is 678 g/mol. The maximum absolute atomic E-state index is 12.6. The number of allylic oxidation sites excluding steroid dienone is 6. The van der Waals surface area contributed by atoms with Crippen LogP contribution in [0.3, 0.4) is 0 Å². The van der Waals surface area contributed by atoms with Crippen LogP contribution in [-0.2, 0) is 32.7 Å². The topological polar surface area (TPSA) is 210 Å². The van der Waals surface area contributed by atoms with Crippen molar-refractivity contribution < 1.29 is 63.1 Å². The number of hydrogen-bond donors (Lipinski definition) is 6. The summed E-state index contributed by atoms with van der Waals surface area (Å²) >= 11 is 0. The first kappa shape index (κ1) is 42.1. The molecule has 0 bridgehead atoms. The van der Waals surface area contributed by atoms with Crippen LogP contribution in [0.5, 0.6) is 0 Å². The largest absolute Gasteiger partial charge is 0.472 e. The standard InChI is InChI=1S/C32H55O13P/c1-3-5-7-9-11-12-13-15-17-19-21-26(34)44-24(22-42-25(33)20-18-16-14-10-8-6-4-2)23-43-46(40,41)45-32-30(38)28(36)27(35)29(37)31(32)39/h3,5,9,11,13,15,24,27-32,35-39H,4,6-8,10,12,14,16-23H2,1-2H3,(H,40,41)/b5-3-,11-9+,15-13-/t24-,27?,28-,29+,30-,31-,32?/m1/s1. The fraction of sp³-hybridized carbons (Fsp3) is 0.750. The van der Waals surface area contributed by atoms with Gasteiger partial charge in [0.15, 0.2) is 6.10 Å². The minimum absolute atomic E-state index is 0.0236. The number of ether oxygens (including phenoxy) is 2. The molecule has 0 aliphatic heterocycles. The van der Waals surface area contributed by atoms with Gasteiger partial charge in [0.1, 0.15) is 43.2 Å². The molecular weight excluding hydrogens is 623 g/mol. The fourth-order valence-electron chi connectivity index (χ4n) is 4.59. The van der Waals surface area contributed by atoms with Crippen LogP contribution < -0.4 is 0 Å². The molecule has 0 aromatic heterocycles. The van der Waals surface area contributed by atoms with Gasteiger partial charge in [0.05, 0.1) is 6.61 Å². The van der Waals surface area contributed by atoms with E-state index in [1.165, 1.54) is 6.42 Å². The second-order valence-corrected chi connectivity index (χ2v) is 12.7. The number of esters is 2. The third-order valence-corrected chi connectivity index (χ3v) is 8.31. The summed E-state index contributed by atoms with van der Waals surface area (Å²) in [4.78, 5) is 35.0. The Hall–Kier alpha value is -1.93. The Morgan fingerprint density at radius 3 is 1.89 bits per heavy atom. The number of aliphatic hydroxyl groups excluding tert-OH is 5. The molecule has 1 aliphatic carbocycles. The highest BCUT2D eigenvalue weighted by Crippen LogP contribution is 2.47. The van der Waals surface area contributed by atoms with Crippen molar-refractivity contribution in [3.8, 4) is 0 Å². The maximum atomic E-state index is 12.6. The first-order chi connectivity index (χ1) is 21.9. The van der Waals surface area contributed by atoms with Crippen molar-refractivity contribution in [2.24, 2.45) is 0 Å². The van der Waals surface area contributed by atoms with Crippen molar-refractivity contribution in [3.05, 3.63) is 36.5 Å². The van der Waals surface area contributed by atoms with E-state index in [9.17, 15) is 44.6 Å². The van der Waals surface area contributed by atoms with Gasteiger partial charge in [0.25, 0.3) is 0 Å². The van der Waals surface area contributed by atoms with Crippen LogP contribution in [0.15, 0.2) is 36.5 Å². The van der Waals surface area contributed by atoms with Crippen LogP contribution in [-0.4, -0.2) is 98.3 Å². The number of phosphoric ester groups is 1. The van der Waals surface area contributed by atoms with Gasteiger partial charge in [0.2, 0.25) is 0 Å². The Morgan fingerprint density at radius 1 is 0.717 bits per heavy atom. The van der Waals surface area contributed by atoms with Crippen LogP contribution in [0, 0.1) is 0 Å². The van der Waals surface area contributed by atoms with Crippen LogP contribution in [0.2, 0.25) is 0 Å². The lowest BCUT2D eigenvalue weighted by molar-refractivity contribution is -0.220. The van der Waals surface area contributed by atoms with Crippen molar-refractivity contribution in [1.29, 1.82) is 0 Å². The first-order valence-corrected chi connectivity index (χ1v) is 17.7. The summed E-state index contributed by atoms with van der Waals surface area (Å²) in [7, 11) is -5.11. The first-order valence-electron chi connectivity index (χ1n) is 16.3. The highest BCUT2D eigenvalue weighted by Gasteiger charge is 2.51. The summed E-state index contributed by atoms with van der Waals surface area (Å²) in [6, 6.07) is 0. The number of aliphatic hydroxyl groups is 5. The molecule has 3 unspecified atom stereocenters. The van der Waals surface area contributed by atoms with E-state index < -0.39 is 75.7 Å². The van der Waals surface area contributed by atoms with Gasteiger partial charge in [-0.15, -0.1) is 0 Å². The van der Waals surface area contributed by atoms with Crippen molar-refractivity contribution in [2.75, 3.05) is 13.2 Å². The SMILES string of the molecule is C/C=C\C/C=C/C/C=C\CCCC(=O)O[C@H](COC(=O)CCCCCCCCC)COP(=O)(O)OC1[C@H](O)[C@H](O)C(O)[C@H](O)[C@H]1O. The minimum atomic E-state index is -5.11. The van der Waals surface area contributed by atoms with Crippen LogP contribution in [0.4, 0.5) is 0 Å². The summed E-state index contributed by atoms with van der Waals surface area (Å²) in [6.45, 7) is 2.88. The smallest absolute Gasteiger partial charge is 0.462 e. The molecule has 266 valence electrons. The minimum Gasteiger partial charge on any atom is -0.462 e. The van der Waals surface area contributed by atoms with Gasteiger partial charge < -0.3 is 39.9 Å². The van der Waals surface area contributed by atoms with Gasteiger partial charge in [0, 0.05) is 12.8 Å². The Morgan fingerprint density at radius 2 is 1.26 bits per heavy atom. The lowest BCUT2D eigenvalue weighted by Gasteiger charge is -2.41. The molecule has 46 heavy (non-hydrogen) atoms. The Labute approximate surface area is 272 Å². The molecule has 6 N–H and O–H groups in total. The van der Waals surface area contributed by atoms with E-state index in [1.807, 2.05) is 37.3 Å². The van der Waals surface area contributed by atoms with Gasteiger partial charge in [-0.25, -0.2) is 4.57 Å². The Balaban J connectivity index is 2.67. The highest BCUT2D eigenvalue weighted by molar-refractivity contribution is 7.47. The Kier molecular flexibility index (Phi) is 22.2. The summed E-state index contributed by atoms with van der Waals surface area (Å²) in [6.07, 6.45) is 8.76. The van der Waals surface area contributed by atoms with E-state index in [1.54, 1.807) is 0 Å². The molecule has 0 saturated heterocycles. The van der Waals surface area contributed by atoms with Crippen molar-refractivity contribution in [2.45, 2.75) is 140 Å². The molecular formula is C32H55O13P. The van der Waals surface area contributed by atoms with Gasteiger partial charge in [-0.05, 0) is 39.0 Å². The Bertz CT molecular complexity index is 969. The fourth-order valence-corrected chi connectivity index (χ4v) is 5.57. The number of carbonyl (C=O) groups is 2. The highest BCUT2D eigenvalue weighted by atomic mass is 31.2. The second kappa shape index (κ2) is 24.2. The molecule has 13 nitrogen and oxygen atoms in total. The van der Waals surface area contributed by atoms with Gasteiger partial charge >= 0.3 is 19.8 Å². The molecule has 0 amide bonds. The molecule has 1 rings (SSSR count). The summed E-state index contributed by atoms with van der Waals surface area (Å²) in [5, 5.41) is 49.6. The zero-order valence-corrected chi connectivity index (χ0v) is 28.0. The lowest BCUT2D eigenvalue weighted by Crippen LogP contribution is -2.64. The molecule has 0 spiro atoms. The second-order valence-electron chi connectivity index (χ2n) is 11.3. The molecule has 0 heterocycles. The number of carbonyl (C=O) groups excluding carboxylic acids is 2. The van der Waals surface area contributed by atoms with E-state index >= 15 is 0 Å². The quantitative estimate of drug-likeness (QED) is 0.0374. The van der Waals surface area contributed by atoms with Gasteiger partial charge in [-0.1, -0.05) is 81.9 Å². The summed E-state index contributed by atoms with van der Waals surface area (Å²) in [5.41, 5.74) is 0. The van der Waals surface area contributed by atoms with Crippen molar-refractivity contribution in [3.63, 3.8) is 0 Å². The third kappa shape index (κ3) is 17.8. The molecule has 1 saturated carbocycles. The van der Waals surface area contributed by atoms with Crippen molar-refractivity contribution >= 4 is 19.8 Å². The molecule has 0 aromatic rings. The van der Waals surface area contributed by atoms with E-state index in [0.29, 0.717) is 19.3 Å². The summed E-state index contributed by atoms with van der Waals surface area (Å²) in [5.74, 6) is -1.18. The van der Waals surface area contributed by atoms with Crippen LogP contribution in [0.25, 0.3) is 0 Å². The van der Waals surface area contributed by atoms with Crippen LogP contribution >= 0.6 is 7.82 Å². The van der Waals surface area contributed by atoms with Crippen molar-refractivity contribution in [1.82, 2.24) is 0 Å². The zero-order chi connectivity index (χ0) is 34.4. The molecule has 8 atom stereocenters. The summed E-state index contributed by atoms with van der Waals surface area (Å²) < 4.78 is 33.0. The number of hydrogen-bond acceptors (Lipinski definition) is 12. The van der Waals surface area contributed by atoms with Gasteiger partial charge in [-0.2, -0.15) is 0 Å². The number of unbranched alkanes of at least 4 members (excludes halogenated alkanes) is 7. The molecule has 1 aliphatic rings. The average Bonchev–Trinajstić information content (AvgIpc) is 3.03. The number of phosphoric acid groups is 1. The lowest BCUT2D eigenvalue weighted by atomic mass is 9.85. The third-order valence-electron chi connectivity index (χ3n) is 7.33. The van der Waals surface area contributed by atoms with Gasteiger partial charge in [-0.3, -0.25) is 18.6 Å². The van der Waals surface area contributed by atoms with E-state index in [-0.39, 0.29) is 12.8 Å². The predicted octanol–water partition coefficient (Wildman–Crippen LogP) is 3.54. The average molecular weight is 679 g/mol. The maximum Gasteiger partial charge on any atom is 0.472 e.